The van der Waals surface area contributed by atoms with Crippen LogP contribution in [0, 0.1) is 0 Å². The molecule has 0 aliphatic carbocycles. The van der Waals surface area contributed by atoms with Crippen molar-refractivity contribution in [3.63, 3.8) is 0 Å². The molecule has 0 amide bonds. The molecule has 0 bridgehead atoms. The number of nitrogens with two attached hydrogens (primary N) is 1. The molecular weight excluding hydrogens is 295 g/mol. The Morgan fingerprint density at radius 1 is 1.00 bits per heavy atom. The number of benzene rings is 2. The molecule has 0 saturated heterocycles. The Balaban J connectivity index is 1.95. The third-order valence-corrected chi connectivity index (χ3v) is 3.87. The van der Waals surface area contributed by atoms with Crippen molar-refractivity contribution in [3.05, 3.63) is 57.6 Å². The normalized spacial score (nSPS) is 11.2. The Hall–Kier alpha value is -1.62. The molecule has 4 nitrogen and oxygen atoms in total. The van der Waals surface area contributed by atoms with Crippen LogP contribution < -0.4 is 5.73 Å². The quantitative estimate of drug-likeness (QED) is 0.808. The predicted molar refractivity (Wildman–Crippen MR) is 81.0 cm³/mol. The van der Waals surface area contributed by atoms with E-state index >= 15 is 0 Å². The summed E-state index contributed by atoms with van der Waals surface area (Å²) in [5, 5.41) is 9.23. The molecule has 0 aliphatic heterocycles. The lowest BCUT2D eigenvalue weighted by atomic mass is 10.1. The molecule has 2 aromatic carbocycles. The van der Waals surface area contributed by atoms with Crippen molar-refractivity contribution in [3.8, 4) is 0 Å². The molecule has 0 unspecified atom stereocenters. The van der Waals surface area contributed by atoms with Crippen LogP contribution in [0.5, 0.6) is 0 Å². The number of nitrogens with zero attached hydrogens (tertiary/aromatic N) is 3. The highest BCUT2D eigenvalue weighted by atomic mass is 35.5. The van der Waals surface area contributed by atoms with E-state index in [-0.39, 0.29) is 0 Å². The molecule has 1 aromatic heterocycles. The number of halogens is 2. The molecule has 1 heterocycles. The molecule has 3 aromatic rings. The van der Waals surface area contributed by atoms with E-state index in [9.17, 15) is 0 Å². The second-order valence-electron chi connectivity index (χ2n) is 4.52. The Morgan fingerprint density at radius 3 is 2.35 bits per heavy atom. The molecule has 0 spiro atoms. The third-order valence-electron chi connectivity index (χ3n) is 3.15. The zero-order chi connectivity index (χ0) is 14.1. The van der Waals surface area contributed by atoms with E-state index in [1.54, 1.807) is 16.8 Å². The minimum absolute atomic E-state index is 0.485. The standard InChI is InChI=1S/C14H12Cl2N4/c15-11-5-13-14(6-12(11)16)20(19-18-13)8-10-3-1-9(7-17)2-4-10/h1-6H,7-8,17H2. The predicted octanol–water partition coefficient (Wildman–Crippen LogP) is 3.25. The summed E-state index contributed by atoms with van der Waals surface area (Å²) in [5.41, 5.74) is 9.41. The van der Waals surface area contributed by atoms with Crippen LogP contribution in [0.4, 0.5) is 0 Å². The lowest BCUT2D eigenvalue weighted by Gasteiger charge is -2.04. The van der Waals surface area contributed by atoms with Crippen LogP contribution in [-0.4, -0.2) is 15.0 Å². The van der Waals surface area contributed by atoms with Gasteiger partial charge in [-0.2, -0.15) is 0 Å². The first-order chi connectivity index (χ1) is 9.67. The molecule has 3 rings (SSSR count). The van der Waals surface area contributed by atoms with Gasteiger partial charge in [-0.25, -0.2) is 4.68 Å². The lowest BCUT2D eigenvalue weighted by molar-refractivity contribution is 0.669. The van der Waals surface area contributed by atoms with E-state index in [0.29, 0.717) is 23.1 Å². The van der Waals surface area contributed by atoms with Crippen LogP contribution in [0.2, 0.25) is 10.0 Å². The average Bonchev–Trinajstić information content (AvgIpc) is 2.83. The first-order valence-corrected chi connectivity index (χ1v) is 6.89. The molecule has 0 fully saturated rings. The zero-order valence-electron chi connectivity index (χ0n) is 10.6. The summed E-state index contributed by atoms with van der Waals surface area (Å²) < 4.78 is 1.80. The van der Waals surface area contributed by atoms with Crippen molar-refractivity contribution in [2.75, 3.05) is 0 Å². The summed E-state index contributed by atoms with van der Waals surface area (Å²) in [6.07, 6.45) is 0. The van der Waals surface area contributed by atoms with Crippen molar-refractivity contribution in [1.29, 1.82) is 0 Å². The molecular formula is C14H12Cl2N4. The highest BCUT2D eigenvalue weighted by molar-refractivity contribution is 6.42. The van der Waals surface area contributed by atoms with Crippen molar-refractivity contribution >= 4 is 34.2 Å². The van der Waals surface area contributed by atoms with E-state index in [2.05, 4.69) is 10.3 Å². The van der Waals surface area contributed by atoms with Crippen molar-refractivity contribution < 1.29 is 0 Å². The van der Waals surface area contributed by atoms with E-state index in [0.717, 1.165) is 22.2 Å². The maximum Gasteiger partial charge on any atom is 0.114 e. The number of hydrogen-bond donors (Lipinski definition) is 1. The SMILES string of the molecule is NCc1ccc(Cn2nnc3cc(Cl)c(Cl)cc32)cc1. The van der Waals surface area contributed by atoms with Crippen LogP contribution >= 0.6 is 23.2 Å². The van der Waals surface area contributed by atoms with Gasteiger partial charge in [-0.05, 0) is 23.3 Å². The zero-order valence-corrected chi connectivity index (χ0v) is 12.1. The summed E-state index contributed by atoms with van der Waals surface area (Å²) in [7, 11) is 0. The average molecular weight is 307 g/mol. The fourth-order valence-electron chi connectivity index (χ4n) is 2.03. The fraction of sp³-hybridized carbons (Fsp3) is 0.143. The van der Waals surface area contributed by atoms with Crippen molar-refractivity contribution in [2.24, 2.45) is 5.73 Å². The van der Waals surface area contributed by atoms with Gasteiger partial charge in [-0.3, -0.25) is 0 Å². The molecule has 20 heavy (non-hydrogen) atoms. The van der Waals surface area contributed by atoms with Gasteiger partial charge in [0.15, 0.2) is 0 Å². The smallest absolute Gasteiger partial charge is 0.114 e. The number of fused-ring (bicyclic) bond motifs is 1. The molecule has 102 valence electrons. The summed E-state index contributed by atoms with van der Waals surface area (Å²) in [5.74, 6) is 0. The molecule has 0 atom stereocenters. The summed E-state index contributed by atoms with van der Waals surface area (Å²) in [4.78, 5) is 0. The highest BCUT2D eigenvalue weighted by Gasteiger charge is 2.08. The molecule has 6 heteroatoms. The Morgan fingerprint density at radius 2 is 1.65 bits per heavy atom. The monoisotopic (exact) mass is 306 g/mol. The summed E-state index contributed by atoms with van der Waals surface area (Å²) in [6, 6.07) is 11.6. The van der Waals surface area contributed by atoms with E-state index in [4.69, 9.17) is 28.9 Å². The van der Waals surface area contributed by atoms with Crippen LogP contribution in [0.25, 0.3) is 11.0 Å². The second kappa shape index (κ2) is 5.40. The van der Waals surface area contributed by atoms with Crippen LogP contribution in [0.15, 0.2) is 36.4 Å². The Kier molecular flexibility index (Phi) is 3.61. The molecule has 2 N–H and O–H groups in total. The van der Waals surface area contributed by atoms with Crippen LogP contribution in [-0.2, 0) is 13.1 Å². The van der Waals surface area contributed by atoms with Gasteiger partial charge in [0.05, 0.1) is 22.1 Å². The third kappa shape index (κ3) is 2.50. The topological polar surface area (TPSA) is 56.7 Å². The minimum atomic E-state index is 0.485. The van der Waals surface area contributed by atoms with Crippen molar-refractivity contribution in [2.45, 2.75) is 13.1 Å². The Labute approximate surface area is 126 Å². The van der Waals surface area contributed by atoms with Crippen LogP contribution in [0.1, 0.15) is 11.1 Å². The fourth-order valence-corrected chi connectivity index (χ4v) is 2.35. The largest absolute Gasteiger partial charge is 0.326 e. The van der Waals surface area contributed by atoms with Gasteiger partial charge >= 0.3 is 0 Å². The van der Waals surface area contributed by atoms with Gasteiger partial charge in [0, 0.05) is 6.54 Å². The first kappa shape index (κ1) is 13.4. The second-order valence-corrected chi connectivity index (χ2v) is 5.34. The van der Waals surface area contributed by atoms with E-state index < -0.39 is 0 Å². The number of rotatable bonds is 3. The number of aromatic nitrogens is 3. The Bertz CT molecular complexity index is 750. The lowest BCUT2D eigenvalue weighted by Crippen LogP contribution is -2.02. The number of hydrogen-bond acceptors (Lipinski definition) is 3. The van der Waals surface area contributed by atoms with E-state index in [1.165, 1.54) is 0 Å². The maximum atomic E-state index is 6.04. The maximum absolute atomic E-state index is 6.04. The van der Waals surface area contributed by atoms with E-state index in [1.807, 2.05) is 24.3 Å². The summed E-state index contributed by atoms with van der Waals surface area (Å²) >= 11 is 12.0. The van der Waals surface area contributed by atoms with Gasteiger partial charge < -0.3 is 5.73 Å². The van der Waals surface area contributed by atoms with Crippen molar-refractivity contribution in [1.82, 2.24) is 15.0 Å². The first-order valence-electron chi connectivity index (χ1n) is 6.13. The van der Waals surface area contributed by atoms with Gasteiger partial charge in [-0.15, -0.1) is 5.10 Å². The highest BCUT2D eigenvalue weighted by Crippen LogP contribution is 2.26. The minimum Gasteiger partial charge on any atom is -0.326 e. The van der Waals surface area contributed by atoms with Gasteiger partial charge in [0.2, 0.25) is 0 Å². The van der Waals surface area contributed by atoms with Gasteiger partial charge in [0.25, 0.3) is 0 Å². The van der Waals surface area contributed by atoms with Crippen LogP contribution in [0.3, 0.4) is 0 Å². The molecule has 0 saturated carbocycles. The summed E-state index contributed by atoms with van der Waals surface area (Å²) in [6.45, 7) is 1.17. The molecule has 0 aliphatic rings. The molecule has 0 radical (unpaired) electrons. The van der Waals surface area contributed by atoms with Gasteiger partial charge in [-0.1, -0.05) is 52.7 Å². The van der Waals surface area contributed by atoms with Gasteiger partial charge in [0.1, 0.15) is 5.52 Å².